The third-order valence-electron chi connectivity index (χ3n) is 3.86. The number of sulfone groups is 1. The quantitative estimate of drug-likeness (QED) is 0.756. The summed E-state index contributed by atoms with van der Waals surface area (Å²) in [4.78, 5) is 13.6. The fourth-order valence-electron chi connectivity index (χ4n) is 1.99. The first-order chi connectivity index (χ1) is 10.5. The molecule has 0 unspecified atom stereocenters. The third-order valence-corrected chi connectivity index (χ3v) is 5.61. The van der Waals surface area contributed by atoms with Gasteiger partial charge in [-0.15, -0.1) is 0 Å². The van der Waals surface area contributed by atoms with Gasteiger partial charge in [0.2, 0.25) is 5.91 Å². The van der Waals surface area contributed by atoms with Crippen LogP contribution in [-0.2, 0) is 21.1 Å². The normalized spacial score (nSPS) is 14.4. The van der Waals surface area contributed by atoms with Crippen molar-refractivity contribution in [1.82, 2.24) is 4.90 Å². The van der Waals surface area contributed by atoms with Crippen LogP contribution in [0.1, 0.15) is 19.4 Å². The van der Waals surface area contributed by atoms with Gasteiger partial charge in [0.15, 0.2) is 9.84 Å². The SMILES string of the molecule is C[C@H]([C@H](C)S(C)(=O)=O)N(C)C(=O)Cc1ccc(OC(F)F)cc1. The molecule has 0 spiro atoms. The highest BCUT2D eigenvalue weighted by molar-refractivity contribution is 7.91. The molecule has 0 bridgehead atoms. The summed E-state index contributed by atoms with van der Waals surface area (Å²) in [5.41, 5.74) is 0.627. The zero-order valence-corrected chi connectivity index (χ0v) is 14.3. The van der Waals surface area contributed by atoms with E-state index in [1.54, 1.807) is 20.9 Å². The van der Waals surface area contributed by atoms with Gasteiger partial charge in [-0.3, -0.25) is 4.79 Å². The highest BCUT2D eigenvalue weighted by Crippen LogP contribution is 2.16. The summed E-state index contributed by atoms with van der Waals surface area (Å²) in [5.74, 6) is -0.237. The van der Waals surface area contributed by atoms with Crippen molar-refractivity contribution in [2.24, 2.45) is 0 Å². The van der Waals surface area contributed by atoms with E-state index < -0.39 is 27.7 Å². The zero-order chi connectivity index (χ0) is 17.8. The first-order valence-electron chi connectivity index (χ1n) is 7.00. The first-order valence-corrected chi connectivity index (χ1v) is 8.96. The summed E-state index contributed by atoms with van der Waals surface area (Å²) < 4.78 is 51.5. The standard InChI is InChI=1S/C15H21F2NO4S/c1-10(11(2)23(4,20)21)18(3)14(19)9-12-5-7-13(8-6-12)22-15(16)17/h5-8,10-11,15H,9H2,1-4H3/t10-,11+/m1/s1. The number of hydrogen-bond acceptors (Lipinski definition) is 4. The van der Waals surface area contributed by atoms with Crippen LogP contribution in [0.2, 0.25) is 0 Å². The van der Waals surface area contributed by atoms with Gasteiger partial charge in [0, 0.05) is 19.3 Å². The molecule has 8 heteroatoms. The molecule has 0 aromatic heterocycles. The topological polar surface area (TPSA) is 63.7 Å². The average molecular weight is 349 g/mol. The number of ether oxygens (including phenoxy) is 1. The lowest BCUT2D eigenvalue weighted by Crippen LogP contribution is -2.45. The zero-order valence-electron chi connectivity index (χ0n) is 13.5. The number of alkyl halides is 2. The Kier molecular flexibility index (Phi) is 6.49. The first kappa shape index (κ1) is 19.3. The number of halogens is 2. The number of carbonyl (C=O) groups excluding carboxylic acids is 1. The lowest BCUT2D eigenvalue weighted by molar-refractivity contribution is -0.130. The number of likely N-dealkylation sites (N-methyl/N-ethyl adjacent to an activating group) is 1. The second-order valence-corrected chi connectivity index (χ2v) is 7.88. The summed E-state index contributed by atoms with van der Waals surface area (Å²) in [6.45, 7) is 0.329. The van der Waals surface area contributed by atoms with Crippen LogP contribution < -0.4 is 4.74 Å². The van der Waals surface area contributed by atoms with Crippen molar-refractivity contribution in [3.8, 4) is 5.75 Å². The van der Waals surface area contributed by atoms with Crippen LogP contribution in [0.5, 0.6) is 5.75 Å². The number of nitrogens with zero attached hydrogens (tertiary/aromatic N) is 1. The molecule has 2 atom stereocenters. The Hall–Kier alpha value is -1.70. The number of amides is 1. The predicted octanol–water partition coefficient (Wildman–Crippen LogP) is 2.11. The molecule has 23 heavy (non-hydrogen) atoms. The van der Waals surface area contributed by atoms with E-state index in [9.17, 15) is 22.0 Å². The number of hydrogen-bond donors (Lipinski definition) is 0. The van der Waals surface area contributed by atoms with E-state index >= 15 is 0 Å². The number of carbonyl (C=O) groups is 1. The minimum Gasteiger partial charge on any atom is -0.435 e. The highest BCUT2D eigenvalue weighted by Gasteiger charge is 2.27. The molecule has 130 valence electrons. The summed E-state index contributed by atoms with van der Waals surface area (Å²) in [7, 11) is -1.71. The Balaban J connectivity index is 2.71. The summed E-state index contributed by atoms with van der Waals surface area (Å²) in [6, 6.07) is 5.29. The molecule has 5 nitrogen and oxygen atoms in total. The molecule has 0 N–H and O–H groups in total. The molecule has 0 heterocycles. The van der Waals surface area contributed by atoms with Crippen molar-refractivity contribution in [3.63, 3.8) is 0 Å². The molecule has 0 aliphatic heterocycles. The molecule has 0 saturated heterocycles. The maximum Gasteiger partial charge on any atom is 0.387 e. The Bertz CT molecular complexity index is 631. The third kappa shape index (κ3) is 5.78. The lowest BCUT2D eigenvalue weighted by atomic mass is 10.1. The van der Waals surface area contributed by atoms with E-state index in [1.165, 1.54) is 29.2 Å². The lowest BCUT2D eigenvalue weighted by Gasteiger charge is -2.29. The second-order valence-electron chi connectivity index (χ2n) is 5.48. The molecule has 0 fully saturated rings. The highest BCUT2D eigenvalue weighted by atomic mass is 32.2. The Labute approximate surface area is 135 Å². The van der Waals surface area contributed by atoms with Crippen LogP contribution in [0.15, 0.2) is 24.3 Å². The van der Waals surface area contributed by atoms with Gasteiger partial charge in [-0.05, 0) is 31.5 Å². The minimum atomic E-state index is -3.25. The van der Waals surface area contributed by atoms with Crippen LogP contribution in [0.4, 0.5) is 8.78 Å². The van der Waals surface area contributed by atoms with E-state index in [0.29, 0.717) is 5.56 Å². The summed E-state index contributed by atoms with van der Waals surface area (Å²) >= 11 is 0. The monoisotopic (exact) mass is 349 g/mol. The van der Waals surface area contributed by atoms with Gasteiger partial charge in [0.1, 0.15) is 5.75 Å². The Morgan fingerprint density at radius 2 is 1.74 bits per heavy atom. The average Bonchev–Trinajstić information content (AvgIpc) is 2.45. The molecule has 0 radical (unpaired) electrons. The van der Waals surface area contributed by atoms with E-state index in [2.05, 4.69) is 4.74 Å². The van der Waals surface area contributed by atoms with Gasteiger partial charge < -0.3 is 9.64 Å². The van der Waals surface area contributed by atoms with Crippen molar-refractivity contribution in [2.75, 3.05) is 13.3 Å². The molecule has 0 saturated carbocycles. The Morgan fingerprint density at radius 1 is 1.22 bits per heavy atom. The van der Waals surface area contributed by atoms with Crippen LogP contribution in [0.3, 0.4) is 0 Å². The van der Waals surface area contributed by atoms with Crippen molar-refractivity contribution >= 4 is 15.7 Å². The molecule has 1 rings (SSSR count). The fraction of sp³-hybridized carbons (Fsp3) is 0.533. The van der Waals surface area contributed by atoms with Gasteiger partial charge in [0.25, 0.3) is 0 Å². The summed E-state index contributed by atoms with van der Waals surface area (Å²) in [5, 5.41) is -0.682. The van der Waals surface area contributed by atoms with Crippen LogP contribution in [0.25, 0.3) is 0 Å². The van der Waals surface area contributed by atoms with Gasteiger partial charge in [0.05, 0.1) is 11.7 Å². The van der Waals surface area contributed by atoms with Crippen LogP contribution in [0, 0.1) is 0 Å². The van der Waals surface area contributed by atoms with Crippen molar-refractivity contribution in [3.05, 3.63) is 29.8 Å². The smallest absolute Gasteiger partial charge is 0.387 e. The van der Waals surface area contributed by atoms with Crippen molar-refractivity contribution in [1.29, 1.82) is 0 Å². The second kappa shape index (κ2) is 7.72. The Morgan fingerprint density at radius 3 is 2.17 bits per heavy atom. The maximum absolute atomic E-state index is 12.2. The van der Waals surface area contributed by atoms with E-state index in [1.807, 2.05) is 0 Å². The predicted molar refractivity (Wildman–Crippen MR) is 83.3 cm³/mol. The number of benzene rings is 1. The molecule has 0 aliphatic rings. The van der Waals surface area contributed by atoms with E-state index in [4.69, 9.17) is 0 Å². The molecule has 1 aromatic rings. The number of rotatable bonds is 7. The van der Waals surface area contributed by atoms with E-state index in [0.717, 1.165) is 6.26 Å². The molecular weight excluding hydrogens is 328 g/mol. The maximum atomic E-state index is 12.2. The molecule has 1 amide bonds. The fourth-order valence-corrected chi connectivity index (χ4v) is 2.89. The molecule has 1 aromatic carbocycles. The molecular formula is C15H21F2NO4S. The van der Waals surface area contributed by atoms with Crippen molar-refractivity contribution in [2.45, 2.75) is 38.2 Å². The minimum absolute atomic E-state index is 0.0172. The summed E-state index contributed by atoms with van der Waals surface area (Å²) in [6.07, 6.45) is 1.18. The van der Waals surface area contributed by atoms with Crippen molar-refractivity contribution < 1.29 is 26.7 Å². The largest absolute Gasteiger partial charge is 0.435 e. The van der Waals surface area contributed by atoms with Crippen LogP contribution >= 0.6 is 0 Å². The van der Waals surface area contributed by atoms with Gasteiger partial charge in [-0.2, -0.15) is 8.78 Å². The van der Waals surface area contributed by atoms with Gasteiger partial charge in [-0.1, -0.05) is 12.1 Å². The van der Waals surface area contributed by atoms with E-state index in [-0.39, 0.29) is 18.1 Å². The van der Waals surface area contributed by atoms with Gasteiger partial charge in [-0.25, -0.2) is 8.42 Å². The van der Waals surface area contributed by atoms with Gasteiger partial charge >= 0.3 is 6.61 Å². The molecule has 0 aliphatic carbocycles. The van der Waals surface area contributed by atoms with Crippen LogP contribution in [-0.4, -0.2) is 50.4 Å².